The molecule has 4 nitrogen and oxygen atoms in total. The van der Waals surface area contributed by atoms with Crippen LogP contribution >= 0.6 is 9.24 Å². The molecule has 0 aliphatic heterocycles. The van der Waals surface area contributed by atoms with E-state index in [-0.39, 0.29) is 0 Å². The van der Waals surface area contributed by atoms with E-state index >= 15 is 0 Å². The lowest BCUT2D eigenvalue weighted by Crippen LogP contribution is -1.95. The lowest BCUT2D eigenvalue weighted by molar-refractivity contribution is 1.18. The third-order valence-electron chi connectivity index (χ3n) is 2.16. The lowest BCUT2D eigenvalue weighted by Gasteiger charge is -1.95. The zero-order chi connectivity index (χ0) is 10.8. The van der Waals surface area contributed by atoms with Crippen LogP contribution in [-0.4, -0.2) is 10.7 Å². The summed E-state index contributed by atoms with van der Waals surface area (Å²) >= 11 is 0. The van der Waals surface area contributed by atoms with Crippen LogP contribution in [0.1, 0.15) is 5.56 Å². The molecular formula is C10H9N4P. The molecule has 74 valence electrons. The molecule has 0 saturated heterocycles. The standard InChI is InChI=1S/C10H9N4P/c11-5-7-8-3-1-2-4-14(8)10(9(7)15)13-6-12/h1-4,6H,15H2,(H2,12,13). The highest BCUT2D eigenvalue weighted by atomic mass is 31.0. The molecule has 0 radical (unpaired) electrons. The molecule has 2 N–H and O–H groups in total. The number of aromatic nitrogens is 1. The lowest BCUT2D eigenvalue weighted by atomic mass is 10.3. The van der Waals surface area contributed by atoms with Crippen LogP contribution in [0.25, 0.3) is 5.52 Å². The number of rotatable bonds is 1. The summed E-state index contributed by atoms with van der Waals surface area (Å²) in [6, 6.07) is 7.81. The normalized spacial score (nSPS) is 10.9. The zero-order valence-corrected chi connectivity index (χ0v) is 9.04. The van der Waals surface area contributed by atoms with E-state index in [1.54, 1.807) is 0 Å². The summed E-state index contributed by atoms with van der Waals surface area (Å²) in [6.45, 7) is 0. The second-order valence-corrected chi connectivity index (χ2v) is 3.54. The largest absolute Gasteiger partial charge is 0.390 e. The molecule has 2 heterocycles. The van der Waals surface area contributed by atoms with Crippen molar-refractivity contribution in [1.29, 1.82) is 5.26 Å². The van der Waals surface area contributed by atoms with Crippen molar-refractivity contribution >= 4 is 32.2 Å². The number of fused-ring (bicyclic) bond motifs is 1. The Balaban J connectivity index is 2.92. The fourth-order valence-corrected chi connectivity index (χ4v) is 1.96. The third-order valence-corrected chi connectivity index (χ3v) is 2.71. The first-order valence-electron chi connectivity index (χ1n) is 4.32. The second kappa shape index (κ2) is 3.72. The molecule has 1 atom stereocenters. The average molecular weight is 216 g/mol. The fraction of sp³-hybridized carbons (Fsp3) is 0. The summed E-state index contributed by atoms with van der Waals surface area (Å²) in [5, 5.41) is 9.81. The first kappa shape index (κ1) is 9.70. The number of hydrogen-bond acceptors (Lipinski definition) is 2. The van der Waals surface area contributed by atoms with E-state index in [1.807, 2.05) is 28.8 Å². The maximum Gasteiger partial charge on any atom is 0.147 e. The maximum atomic E-state index is 9.04. The Bertz CT molecular complexity index is 577. The van der Waals surface area contributed by atoms with Gasteiger partial charge in [-0.15, -0.1) is 9.24 Å². The number of aliphatic imine (C=N–C) groups is 1. The topological polar surface area (TPSA) is 66.6 Å². The zero-order valence-electron chi connectivity index (χ0n) is 7.88. The van der Waals surface area contributed by atoms with E-state index in [0.717, 1.165) is 10.8 Å². The van der Waals surface area contributed by atoms with Crippen LogP contribution in [0.2, 0.25) is 0 Å². The van der Waals surface area contributed by atoms with Crippen molar-refractivity contribution in [2.24, 2.45) is 10.7 Å². The van der Waals surface area contributed by atoms with Gasteiger partial charge >= 0.3 is 0 Å². The highest BCUT2D eigenvalue weighted by Gasteiger charge is 2.12. The Morgan fingerprint density at radius 3 is 3.00 bits per heavy atom. The summed E-state index contributed by atoms with van der Waals surface area (Å²) in [6.07, 6.45) is 3.08. The summed E-state index contributed by atoms with van der Waals surface area (Å²) in [5.74, 6) is 0.676. The number of nitriles is 1. The van der Waals surface area contributed by atoms with Gasteiger partial charge in [0.25, 0.3) is 0 Å². The maximum absolute atomic E-state index is 9.04. The van der Waals surface area contributed by atoms with Gasteiger partial charge in [-0.1, -0.05) is 6.07 Å². The van der Waals surface area contributed by atoms with Crippen LogP contribution < -0.4 is 11.0 Å². The van der Waals surface area contributed by atoms with Crippen molar-refractivity contribution in [3.8, 4) is 6.07 Å². The smallest absolute Gasteiger partial charge is 0.147 e. The van der Waals surface area contributed by atoms with Crippen LogP contribution in [0.15, 0.2) is 29.4 Å². The van der Waals surface area contributed by atoms with Gasteiger partial charge in [0, 0.05) is 11.5 Å². The number of nitrogens with zero attached hydrogens (tertiary/aromatic N) is 3. The molecule has 0 aromatic carbocycles. The third kappa shape index (κ3) is 1.38. The van der Waals surface area contributed by atoms with Crippen molar-refractivity contribution in [3.63, 3.8) is 0 Å². The highest BCUT2D eigenvalue weighted by molar-refractivity contribution is 7.28. The predicted octanol–water partition coefficient (Wildman–Crippen LogP) is 0.930. The van der Waals surface area contributed by atoms with Gasteiger partial charge in [-0.3, -0.25) is 4.40 Å². The van der Waals surface area contributed by atoms with Crippen molar-refractivity contribution in [2.45, 2.75) is 0 Å². The van der Waals surface area contributed by atoms with Crippen LogP contribution in [0.3, 0.4) is 0 Å². The molecule has 0 bridgehead atoms. The SMILES string of the molecule is N#Cc1c(P)c(N=CN)n2ccccc12. The van der Waals surface area contributed by atoms with Gasteiger partial charge in [0.15, 0.2) is 0 Å². The highest BCUT2D eigenvalue weighted by Crippen LogP contribution is 2.22. The quantitative estimate of drug-likeness (QED) is 0.437. The first-order valence-corrected chi connectivity index (χ1v) is 4.90. The van der Waals surface area contributed by atoms with E-state index in [1.165, 1.54) is 6.34 Å². The Hall–Kier alpha value is -1.85. The van der Waals surface area contributed by atoms with Crippen LogP contribution in [0.4, 0.5) is 5.82 Å². The average Bonchev–Trinajstić information content (AvgIpc) is 2.53. The molecule has 15 heavy (non-hydrogen) atoms. The molecule has 5 heteroatoms. The Morgan fingerprint density at radius 1 is 1.53 bits per heavy atom. The summed E-state index contributed by atoms with van der Waals surface area (Å²) in [7, 11) is 2.52. The minimum Gasteiger partial charge on any atom is -0.390 e. The van der Waals surface area contributed by atoms with Gasteiger partial charge in [-0.25, -0.2) is 4.99 Å². The van der Waals surface area contributed by atoms with Crippen molar-refractivity contribution in [2.75, 3.05) is 0 Å². The minimum absolute atomic E-state index is 0.612. The molecule has 0 spiro atoms. The molecule has 0 aliphatic carbocycles. The molecule has 0 saturated carbocycles. The molecule has 0 fully saturated rings. The summed E-state index contributed by atoms with van der Waals surface area (Å²) in [5.41, 5.74) is 6.72. The van der Waals surface area contributed by atoms with Gasteiger partial charge in [-0.05, 0) is 12.1 Å². The van der Waals surface area contributed by atoms with E-state index < -0.39 is 0 Å². The number of nitrogens with two attached hydrogens (primary N) is 1. The van der Waals surface area contributed by atoms with E-state index in [2.05, 4.69) is 20.3 Å². The van der Waals surface area contributed by atoms with Crippen molar-refractivity contribution in [3.05, 3.63) is 30.0 Å². The Morgan fingerprint density at radius 2 is 2.33 bits per heavy atom. The minimum atomic E-state index is 0.612. The monoisotopic (exact) mass is 216 g/mol. The summed E-state index contributed by atoms with van der Waals surface area (Å²) < 4.78 is 1.84. The van der Waals surface area contributed by atoms with E-state index in [0.29, 0.717) is 11.4 Å². The molecule has 1 unspecified atom stereocenters. The summed E-state index contributed by atoms with van der Waals surface area (Å²) in [4.78, 5) is 4.05. The molecule has 0 amide bonds. The van der Waals surface area contributed by atoms with E-state index in [9.17, 15) is 0 Å². The van der Waals surface area contributed by atoms with Crippen molar-refractivity contribution in [1.82, 2.24) is 4.40 Å². The first-order chi connectivity index (χ1) is 7.29. The second-order valence-electron chi connectivity index (χ2n) is 2.96. The van der Waals surface area contributed by atoms with Gasteiger partial charge < -0.3 is 5.73 Å². The molecular weight excluding hydrogens is 207 g/mol. The molecule has 2 aromatic heterocycles. The van der Waals surface area contributed by atoms with E-state index in [4.69, 9.17) is 11.0 Å². The predicted molar refractivity (Wildman–Crippen MR) is 63.8 cm³/mol. The number of pyridine rings is 1. The fourth-order valence-electron chi connectivity index (χ4n) is 1.53. The van der Waals surface area contributed by atoms with Crippen LogP contribution in [0.5, 0.6) is 0 Å². The molecule has 2 rings (SSSR count). The van der Waals surface area contributed by atoms with Gasteiger partial charge in [0.05, 0.1) is 17.4 Å². The molecule has 0 aliphatic rings. The number of hydrogen-bond donors (Lipinski definition) is 1. The van der Waals surface area contributed by atoms with Crippen LogP contribution in [0, 0.1) is 11.3 Å². The molecule has 2 aromatic rings. The van der Waals surface area contributed by atoms with Crippen LogP contribution in [-0.2, 0) is 0 Å². The Kier molecular flexibility index (Phi) is 2.40. The van der Waals surface area contributed by atoms with Gasteiger partial charge in [0.1, 0.15) is 11.9 Å². The van der Waals surface area contributed by atoms with Crippen molar-refractivity contribution < 1.29 is 0 Å². The van der Waals surface area contributed by atoms with Gasteiger partial charge in [0.2, 0.25) is 0 Å². The Labute approximate surface area is 89.2 Å². The van der Waals surface area contributed by atoms with Gasteiger partial charge in [-0.2, -0.15) is 5.26 Å².